The molecule has 2 aliphatic rings. The Bertz CT molecular complexity index is 1320. The van der Waals surface area contributed by atoms with Crippen molar-refractivity contribution in [1.82, 2.24) is 4.57 Å². The quantitative estimate of drug-likeness (QED) is 0.692. The highest BCUT2D eigenvalue weighted by Gasteiger charge is 2.30. The molecule has 0 saturated carbocycles. The molecular formula is C23H22FNO4S. The lowest BCUT2D eigenvalue weighted by Crippen LogP contribution is -2.26. The molecule has 7 heteroatoms. The Balaban J connectivity index is 1.64. The molecule has 0 bridgehead atoms. The second-order valence-corrected chi connectivity index (χ2v) is 10.5. The number of carboxylic acids is 1. The molecule has 30 heavy (non-hydrogen) atoms. The first kappa shape index (κ1) is 19.3. The number of hydrogen-bond donors (Lipinski definition) is 1. The normalized spacial score (nSPS) is 19.6. The number of sulfone groups is 1. The molecule has 156 valence electrons. The number of benzene rings is 2. The minimum absolute atomic E-state index is 0.150. The highest BCUT2D eigenvalue weighted by Crippen LogP contribution is 2.36. The lowest BCUT2D eigenvalue weighted by atomic mass is 9.92. The van der Waals surface area contributed by atoms with Crippen molar-refractivity contribution in [3.05, 3.63) is 64.1 Å². The van der Waals surface area contributed by atoms with Crippen LogP contribution in [0.1, 0.15) is 34.4 Å². The van der Waals surface area contributed by atoms with Gasteiger partial charge in [-0.05, 0) is 72.7 Å². The van der Waals surface area contributed by atoms with Gasteiger partial charge in [0.25, 0.3) is 0 Å². The molecule has 1 atom stereocenters. The summed E-state index contributed by atoms with van der Waals surface area (Å²) in [5.74, 6) is -1.42. The van der Waals surface area contributed by atoms with Crippen LogP contribution in [0.25, 0.3) is 10.9 Å². The van der Waals surface area contributed by atoms with Gasteiger partial charge in [0.15, 0.2) is 9.84 Å². The van der Waals surface area contributed by atoms with Gasteiger partial charge in [0.2, 0.25) is 0 Å². The van der Waals surface area contributed by atoms with Crippen LogP contribution in [0.4, 0.5) is 4.39 Å². The van der Waals surface area contributed by atoms with Crippen LogP contribution in [-0.4, -0.2) is 29.8 Å². The highest BCUT2D eigenvalue weighted by molar-refractivity contribution is 7.91. The summed E-state index contributed by atoms with van der Waals surface area (Å²) in [6.45, 7) is 2.30. The molecule has 0 spiro atoms. The van der Waals surface area contributed by atoms with Crippen molar-refractivity contribution < 1.29 is 22.7 Å². The summed E-state index contributed by atoms with van der Waals surface area (Å²) in [7, 11) is -3.19. The molecule has 0 fully saturated rings. The number of rotatable bonds is 3. The Morgan fingerprint density at radius 3 is 2.80 bits per heavy atom. The molecule has 1 unspecified atom stereocenters. The number of aromatic nitrogens is 1. The fourth-order valence-corrected chi connectivity index (χ4v) is 6.59. The van der Waals surface area contributed by atoms with Gasteiger partial charge >= 0.3 is 5.97 Å². The Hall–Kier alpha value is -2.67. The van der Waals surface area contributed by atoms with Gasteiger partial charge in [0.05, 0.1) is 16.6 Å². The molecule has 2 aliphatic heterocycles. The number of hydrogen-bond acceptors (Lipinski definition) is 3. The maximum absolute atomic E-state index is 14.1. The lowest BCUT2D eigenvalue weighted by Gasteiger charge is -2.23. The maximum Gasteiger partial charge on any atom is 0.308 e. The standard InChI is InChI=1S/C23H22FNO4S/c1-13-8-22-14(6-7-30(22,28)29)9-16(13)10-18-19-11-17(24)3-5-21(19)25-12-15(23(26)27)2-4-20(18)25/h3,5,8-9,11,15H,2,4,6-7,10,12H2,1H3,(H,26,27). The average molecular weight is 427 g/mol. The Labute approximate surface area is 174 Å². The van der Waals surface area contributed by atoms with Crippen molar-refractivity contribution in [2.24, 2.45) is 5.92 Å². The maximum atomic E-state index is 14.1. The Morgan fingerprint density at radius 1 is 1.23 bits per heavy atom. The minimum Gasteiger partial charge on any atom is -0.481 e. The Kier molecular flexibility index (Phi) is 4.29. The number of carboxylic acid groups (broad SMARTS) is 1. The first-order chi connectivity index (χ1) is 14.2. The number of aryl methyl sites for hydroxylation is 2. The number of carbonyl (C=O) groups is 1. The van der Waals surface area contributed by atoms with Crippen molar-refractivity contribution in [2.45, 2.75) is 44.0 Å². The molecule has 5 nitrogen and oxygen atoms in total. The third-order valence-electron chi connectivity index (χ3n) is 6.59. The van der Waals surface area contributed by atoms with E-state index in [1.165, 1.54) is 12.1 Å². The second kappa shape index (κ2) is 6.67. The van der Waals surface area contributed by atoms with E-state index in [2.05, 4.69) is 0 Å². The first-order valence-electron chi connectivity index (χ1n) is 10.1. The molecule has 3 heterocycles. The van der Waals surface area contributed by atoms with Crippen molar-refractivity contribution in [3.8, 4) is 0 Å². The number of halogens is 1. The zero-order valence-corrected chi connectivity index (χ0v) is 17.4. The molecule has 0 radical (unpaired) electrons. The molecule has 1 N–H and O–H groups in total. The molecule has 0 aliphatic carbocycles. The van der Waals surface area contributed by atoms with E-state index in [4.69, 9.17) is 0 Å². The summed E-state index contributed by atoms with van der Waals surface area (Å²) in [6.07, 6.45) is 2.27. The zero-order valence-electron chi connectivity index (χ0n) is 16.6. The zero-order chi connectivity index (χ0) is 21.2. The first-order valence-corrected chi connectivity index (χ1v) is 11.8. The number of nitrogens with zero attached hydrogens (tertiary/aromatic N) is 1. The number of aliphatic carboxylic acids is 1. The summed E-state index contributed by atoms with van der Waals surface area (Å²) in [5, 5.41) is 10.3. The predicted octanol–water partition coefficient (Wildman–Crippen LogP) is 3.66. The summed E-state index contributed by atoms with van der Waals surface area (Å²) >= 11 is 0. The molecule has 3 aromatic rings. The van der Waals surface area contributed by atoms with Crippen molar-refractivity contribution in [2.75, 3.05) is 5.75 Å². The second-order valence-electron chi connectivity index (χ2n) is 8.40. The third-order valence-corrected chi connectivity index (χ3v) is 8.38. The minimum atomic E-state index is -3.19. The van der Waals surface area contributed by atoms with Crippen LogP contribution in [0.5, 0.6) is 0 Å². The van der Waals surface area contributed by atoms with Crippen molar-refractivity contribution >= 4 is 26.7 Å². The third kappa shape index (κ3) is 2.95. The molecule has 5 rings (SSSR count). The van der Waals surface area contributed by atoms with Crippen LogP contribution in [0.15, 0.2) is 35.2 Å². The van der Waals surface area contributed by atoms with E-state index in [0.717, 1.165) is 38.9 Å². The number of fused-ring (bicyclic) bond motifs is 4. The van der Waals surface area contributed by atoms with Crippen LogP contribution in [0, 0.1) is 18.7 Å². The molecule has 0 amide bonds. The molecule has 0 saturated heterocycles. The molecule has 2 aromatic carbocycles. The van der Waals surface area contributed by atoms with Crippen LogP contribution in [0.3, 0.4) is 0 Å². The average Bonchev–Trinajstić information content (AvgIpc) is 3.16. The van der Waals surface area contributed by atoms with E-state index in [9.17, 15) is 22.7 Å². The van der Waals surface area contributed by atoms with Gasteiger partial charge in [-0.1, -0.05) is 6.07 Å². The summed E-state index contributed by atoms with van der Waals surface area (Å²) in [6, 6.07) is 8.41. The summed E-state index contributed by atoms with van der Waals surface area (Å²) in [5.41, 5.74) is 5.71. The van der Waals surface area contributed by atoms with Gasteiger partial charge in [-0.15, -0.1) is 0 Å². The van der Waals surface area contributed by atoms with Crippen LogP contribution >= 0.6 is 0 Å². The van der Waals surface area contributed by atoms with Crippen LogP contribution < -0.4 is 0 Å². The van der Waals surface area contributed by atoms with E-state index in [1.807, 2.05) is 17.6 Å². The van der Waals surface area contributed by atoms with Gasteiger partial charge < -0.3 is 9.67 Å². The highest BCUT2D eigenvalue weighted by atomic mass is 32.2. The summed E-state index contributed by atoms with van der Waals surface area (Å²) in [4.78, 5) is 12.0. The van der Waals surface area contributed by atoms with Gasteiger partial charge in [-0.3, -0.25) is 4.79 Å². The van der Waals surface area contributed by atoms with Gasteiger partial charge in [-0.2, -0.15) is 0 Å². The topological polar surface area (TPSA) is 76.4 Å². The molecule has 1 aromatic heterocycles. The molecular weight excluding hydrogens is 405 g/mol. The van der Waals surface area contributed by atoms with E-state index in [1.54, 1.807) is 12.1 Å². The van der Waals surface area contributed by atoms with Crippen LogP contribution in [-0.2, 0) is 40.4 Å². The van der Waals surface area contributed by atoms with E-state index < -0.39 is 21.7 Å². The fraction of sp³-hybridized carbons (Fsp3) is 0.348. The van der Waals surface area contributed by atoms with Gasteiger partial charge in [0.1, 0.15) is 5.82 Å². The summed E-state index contributed by atoms with van der Waals surface area (Å²) < 4.78 is 40.6. The van der Waals surface area contributed by atoms with E-state index in [0.29, 0.717) is 37.1 Å². The van der Waals surface area contributed by atoms with Crippen LogP contribution in [0.2, 0.25) is 0 Å². The Morgan fingerprint density at radius 2 is 2.03 bits per heavy atom. The van der Waals surface area contributed by atoms with Gasteiger partial charge in [0, 0.05) is 29.6 Å². The monoisotopic (exact) mass is 427 g/mol. The van der Waals surface area contributed by atoms with Crippen molar-refractivity contribution in [3.63, 3.8) is 0 Å². The van der Waals surface area contributed by atoms with E-state index in [-0.39, 0.29) is 11.6 Å². The SMILES string of the molecule is Cc1cc2c(cc1Cc1c3n(c4ccc(F)cc14)CC(C(=O)O)CC3)CCS2(=O)=O. The fourth-order valence-electron chi connectivity index (χ4n) is 4.96. The predicted molar refractivity (Wildman–Crippen MR) is 111 cm³/mol. The lowest BCUT2D eigenvalue weighted by molar-refractivity contribution is -0.142. The van der Waals surface area contributed by atoms with E-state index >= 15 is 0 Å². The van der Waals surface area contributed by atoms with Crippen molar-refractivity contribution in [1.29, 1.82) is 0 Å². The van der Waals surface area contributed by atoms with Gasteiger partial charge in [-0.25, -0.2) is 12.8 Å². The smallest absolute Gasteiger partial charge is 0.308 e. The largest absolute Gasteiger partial charge is 0.481 e.